The smallest absolute Gasteiger partial charge is 0.259 e. The lowest BCUT2D eigenvalue weighted by Gasteiger charge is -2.27. The van der Waals surface area contributed by atoms with E-state index in [2.05, 4.69) is 0 Å². The van der Waals surface area contributed by atoms with Crippen LogP contribution in [0.5, 0.6) is 0 Å². The van der Waals surface area contributed by atoms with Crippen LogP contribution in [0.1, 0.15) is 20.8 Å². The summed E-state index contributed by atoms with van der Waals surface area (Å²) in [5, 5.41) is 9.82. The van der Waals surface area contributed by atoms with E-state index in [0.29, 0.717) is 5.57 Å². The molecule has 0 saturated carbocycles. The molecule has 0 radical (unpaired) electrons. The zero-order chi connectivity index (χ0) is 10.4. The van der Waals surface area contributed by atoms with Gasteiger partial charge in [-0.2, -0.15) is 0 Å². The summed E-state index contributed by atoms with van der Waals surface area (Å²) in [6, 6.07) is 0. The molecule has 1 aliphatic heterocycles. The maximum absolute atomic E-state index is 11.5. The third kappa shape index (κ3) is 1.18. The third-order valence-electron chi connectivity index (χ3n) is 2.61. The van der Waals surface area contributed by atoms with E-state index in [-0.39, 0.29) is 11.4 Å². The molecule has 0 spiro atoms. The predicted molar refractivity (Wildman–Crippen MR) is 46.8 cm³/mol. The van der Waals surface area contributed by atoms with Crippen molar-refractivity contribution in [3.05, 3.63) is 11.1 Å². The number of Topliss-reactive ketones (excluding diaryl/α,β-unsaturated/α-hetero) is 1. The van der Waals surface area contributed by atoms with Crippen LogP contribution in [-0.4, -0.2) is 34.5 Å². The van der Waals surface area contributed by atoms with Crippen molar-refractivity contribution in [2.24, 2.45) is 0 Å². The van der Waals surface area contributed by atoms with Crippen molar-refractivity contribution >= 4 is 11.7 Å². The van der Waals surface area contributed by atoms with Crippen molar-refractivity contribution in [1.82, 2.24) is 4.90 Å². The highest BCUT2D eigenvalue weighted by atomic mass is 16.3. The summed E-state index contributed by atoms with van der Waals surface area (Å²) in [4.78, 5) is 23.7. The molecule has 1 amide bonds. The quantitative estimate of drug-likeness (QED) is 0.585. The summed E-state index contributed by atoms with van der Waals surface area (Å²) in [6.45, 7) is 4.42. The Hall–Kier alpha value is -1.16. The Morgan fingerprint density at radius 1 is 1.54 bits per heavy atom. The average Bonchev–Trinajstić information content (AvgIpc) is 2.14. The highest BCUT2D eigenvalue weighted by Crippen LogP contribution is 2.31. The van der Waals surface area contributed by atoms with Crippen LogP contribution < -0.4 is 0 Å². The van der Waals surface area contributed by atoms with Gasteiger partial charge in [0.2, 0.25) is 0 Å². The van der Waals surface area contributed by atoms with E-state index in [0.717, 1.165) is 0 Å². The van der Waals surface area contributed by atoms with Gasteiger partial charge >= 0.3 is 0 Å². The molecule has 4 nitrogen and oxygen atoms in total. The van der Waals surface area contributed by atoms with E-state index in [1.807, 2.05) is 0 Å². The zero-order valence-corrected chi connectivity index (χ0v) is 8.21. The number of aliphatic hydroxyl groups is 1. The van der Waals surface area contributed by atoms with Crippen LogP contribution in [0.3, 0.4) is 0 Å². The number of amides is 1. The molecule has 0 aromatic heterocycles. The van der Waals surface area contributed by atoms with Gasteiger partial charge < -0.3 is 10.0 Å². The summed E-state index contributed by atoms with van der Waals surface area (Å²) in [5.41, 5.74) is -0.794. The summed E-state index contributed by atoms with van der Waals surface area (Å²) < 4.78 is 0. The van der Waals surface area contributed by atoms with Crippen molar-refractivity contribution in [3.8, 4) is 0 Å². The van der Waals surface area contributed by atoms with Crippen molar-refractivity contribution < 1.29 is 14.7 Å². The summed E-state index contributed by atoms with van der Waals surface area (Å²) in [5.74, 6) is -0.706. The Morgan fingerprint density at radius 3 is 2.15 bits per heavy atom. The lowest BCUT2D eigenvalue weighted by molar-refractivity contribution is -0.138. The number of rotatable bonds is 1. The number of nitrogens with zero attached hydrogens (tertiary/aromatic N) is 1. The number of carbonyl (C=O) groups excluding carboxylic acids is 2. The topological polar surface area (TPSA) is 57.6 Å². The van der Waals surface area contributed by atoms with E-state index in [1.165, 1.54) is 25.8 Å². The Morgan fingerprint density at radius 2 is 2.00 bits per heavy atom. The molecule has 0 aromatic rings. The van der Waals surface area contributed by atoms with Gasteiger partial charge in [-0.15, -0.1) is 0 Å². The minimum absolute atomic E-state index is 0.104. The molecule has 1 unspecified atom stereocenters. The van der Waals surface area contributed by atoms with Gasteiger partial charge in [-0.1, -0.05) is 0 Å². The van der Waals surface area contributed by atoms with Crippen LogP contribution in [0, 0.1) is 0 Å². The lowest BCUT2D eigenvalue weighted by atomic mass is 10.0. The molecule has 0 aliphatic carbocycles. The Kier molecular flexibility index (Phi) is 2.04. The molecule has 1 heterocycles. The van der Waals surface area contributed by atoms with Crippen LogP contribution in [0.2, 0.25) is 0 Å². The zero-order valence-electron chi connectivity index (χ0n) is 8.21. The molecule has 0 bridgehead atoms. The molecule has 0 aromatic carbocycles. The van der Waals surface area contributed by atoms with Crippen LogP contribution in [0.4, 0.5) is 0 Å². The molecule has 1 atom stereocenters. The standard InChI is InChI=1S/C9H13NO3/c1-5-7(6(2)11)8(12)10(4)9(5,3)13/h13H,1-4H3. The lowest BCUT2D eigenvalue weighted by Crippen LogP contribution is -2.42. The first-order valence-corrected chi connectivity index (χ1v) is 4.03. The maximum Gasteiger partial charge on any atom is 0.259 e. The van der Waals surface area contributed by atoms with E-state index in [1.54, 1.807) is 6.92 Å². The molecular weight excluding hydrogens is 170 g/mol. The first-order chi connectivity index (χ1) is 5.80. The van der Waals surface area contributed by atoms with Crippen molar-refractivity contribution in [2.45, 2.75) is 26.5 Å². The van der Waals surface area contributed by atoms with Crippen LogP contribution >= 0.6 is 0 Å². The minimum atomic E-state index is -1.32. The van der Waals surface area contributed by atoms with Gasteiger partial charge in [0.05, 0.1) is 5.57 Å². The second kappa shape index (κ2) is 2.67. The third-order valence-corrected chi connectivity index (χ3v) is 2.61. The molecule has 13 heavy (non-hydrogen) atoms. The second-order valence-electron chi connectivity index (χ2n) is 3.44. The minimum Gasteiger partial charge on any atom is -0.367 e. The van der Waals surface area contributed by atoms with Crippen LogP contribution in [0.15, 0.2) is 11.1 Å². The predicted octanol–water partition coefficient (Wildman–Crippen LogP) is 0.0724. The molecule has 1 aliphatic rings. The fourth-order valence-electron chi connectivity index (χ4n) is 1.43. The molecule has 4 heteroatoms. The van der Waals surface area contributed by atoms with E-state index in [4.69, 9.17) is 0 Å². The van der Waals surface area contributed by atoms with Gasteiger partial charge in [0.1, 0.15) is 0 Å². The van der Waals surface area contributed by atoms with Gasteiger partial charge in [0.15, 0.2) is 11.5 Å². The molecule has 1 N–H and O–H groups in total. The van der Waals surface area contributed by atoms with Gasteiger partial charge in [0.25, 0.3) is 5.91 Å². The monoisotopic (exact) mass is 183 g/mol. The molecule has 72 valence electrons. The first kappa shape index (κ1) is 9.92. The van der Waals surface area contributed by atoms with Gasteiger partial charge in [0, 0.05) is 7.05 Å². The van der Waals surface area contributed by atoms with Gasteiger partial charge in [-0.25, -0.2) is 0 Å². The van der Waals surface area contributed by atoms with Crippen LogP contribution in [0.25, 0.3) is 0 Å². The Bertz CT molecular complexity index is 315. The van der Waals surface area contributed by atoms with E-state index >= 15 is 0 Å². The molecule has 1 rings (SSSR count). The first-order valence-electron chi connectivity index (χ1n) is 4.03. The second-order valence-corrected chi connectivity index (χ2v) is 3.44. The normalized spacial score (nSPS) is 28.7. The van der Waals surface area contributed by atoms with E-state index in [9.17, 15) is 14.7 Å². The summed E-state index contributed by atoms with van der Waals surface area (Å²) in [6.07, 6.45) is 0. The average molecular weight is 183 g/mol. The SMILES string of the molecule is CC(=O)C1=C(C)C(C)(O)N(C)C1=O. The fraction of sp³-hybridized carbons (Fsp3) is 0.556. The molecular formula is C9H13NO3. The van der Waals surface area contributed by atoms with Crippen LogP contribution in [-0.2, 0) is 9.59 Å². The van der Waals surface area contributed by atoms with Crippen molar-refractivity contribution in [1.29, 1.82) is 0 Å². The molecule has 0 saturated heterocycles. The highest BCUT2D eigenvalue weighted by Gasteiger charge is 2.43. The Balaban J connectivity index is 3.29. The van der Waals surface area contributed by atoms with Gasteiger partial charge in [-0.3, -0.25) is 9.59 Å². The highest BCUT2D eigenvalue weighted by molar-refractivity contribution is 6.21. The van der Waals surface area contributed by atoms with Crippen molar-refractivity contribution in [3.63, 3.8) is 0 Å². The van der Waals surface area contributed by atoms with Gasteiger partial charge in [-0.05, 0) is 26.3 Å². The Labute approximate surface area is 76.8 Å². The number of ketones is 1. The van der Waals surface area contributed by atoms with Crippen molar-refractivity contribution in [2.75, 3.05) is 7.05 Å². The summed E-state index contributed by atoms with van der Waals surface area (Å²) in [7, 11) is 1.47. The number of hydrogen-bond donors (Lipinski definition) is 1. The number of carbonyl (C=O) groups is 2. The molecule has 0 fully saturated rings. The number of likely N-dealkylation sites (N-methyl/N-ethyl adjacent to an activating group) is 1. The number of hydrogen-bond acceptors (Lipinski definition) is 3. The fourth-order valence-corrected chi connectivity index (χ4v) is 1.43. The maximum atomic E-state index is 11.5. The van der Waals surface area contributed by atoms with E-state index < -0.39 is 11.6 Å². The largest absolute Gasteiger partial charge is 0.367 e. The summed E-state index contributed by atoms with van der Waals surface area (Å²) >= 11 is 0.